The molecule has 1 atom stereocenters. The second-order valence-electron chi connectivity index (χ2n) is 3.51. The highest BCUT2D eigenvalue weighted by atomic mass is 16.1. The van der Waals surface area contributed by atoms with Crippen molar-refractivity contribution in [2.75, 3.05) is 0 Å². The summed E-state index contributed by atoms with van der Waals surface area (Å²) in [5, 5.41) is 8.29. The van der Waals surface area contributed by atoms with Gasteiger partial charge in [-0.05, 0) is 6.42 Å². The third-order valence-electron chi connectivity index (χ3n) is 2.13. The first-order chi connectivity index (χ1) is 4.58. The molecule has 1 aliphatic carbocycles. The van der Waals surface area contributed by atoms with Crippen LogP contribution in [0.4, 0.5) is 0 Å². The Balaban J connectivity index is 2.49. The number of rotatable bonds is 1. The highest BCUT2D eigenvalue weighted by molar-refractivity contribution is 5.92. The van der Waals surface area contributed by atoms with Gasteiger partial charge in [0.25, 0.3) is 0 Å². The second-order valence-corrected chi connectivity index (χ2v) is 3.51. The van der Waals surface area contributed by atoms with Crippen LogP contribution in [0.1, 0.15) is 26.7 Å². The molecule has 0 unspecified atom stereocenters. The molecule has 0 bridgehead atoms. The lowest BCUT2D eigenvalue weighted by molar-refractivity contribution is -0.142. The molecule has 1 saturated carbocycles. The van der Waals surface area contributed by atoms with Crippen LogP contribution >= 0.6 is 0 Å². The summed E-state index contributed by atoms with van der Waals surface area (Å²) in [6.07, 6.45) is 1.29. The molecule has 0 aliphatic heterocycles. The lowest BCUT2D eigenvalue weighted by Crippen LogP contribution is -2.44. The predicted molar refractivity (Wildman–Crippen MR) is 37.1 cm³/mol. The molecule has 2 heteroatoms. The molecule has 0 saturated heterocycles. The zero-order valence-electron chi connectivity index (χ0n) is 6.35. The van der Waals surface area contributed by atoms with Gasteiger partial charge in [-0.3, -0.25) is 4.79 Å². The Hall–Kier alpha value is -0.840. The fourth-order valence-corrected chi connectivity index (χ4v) is 1.51. The normalized spacial score (nSPS) is 28.9. The van der Waals surface area contributed by atoms with Crippen molar-refractivity contribution < 1.29 is 4.79 Å². The molecule has 0 spiro atoms. The summed E-state index contributed by atoms with van der Waals surface area (Å²) < 4.78 is 0. The van der Waals surface area contributed by atoms with E-state index in [1.54, 1.807) is 0 Å². The highest BCUT2D eigenvalue weighted by Gasteiger charge is 2.45. The van der Waals surface area contributed by atoms with Crippen molar-refractivity contribution in [3.05, 3.63) is 0 Å². The molecule has 0 aromatic carbocycles. The van der Waals surface area contributed by atoms with Crippen LogP contribution in [0.15, 0.2) is 0 Å². The van der Waals surface area contributed by atoms with Crippen molar-refractivity contribution in [2.24, 2.45) is 11.3 Å². The van der Waals surface area contributed by atoms with Gasteiger partial charge in [-0.15, -0.1) is 0 Å². The monoisotopic (exact) mass is 137 g/mol. The summed E-state index contributed by atoms with van der Waals surface area (Å²) in [6.45, 7) is 3.87. The molecule has 54 valence electrons. The van der Waals surface area contributed by atoms with Crippen LogP contribution in [0.3, 0.4) is 0 Å². The maximum Gasteiger partial charge on any atom is 0.142 e. The van der Waals surface area contributed by atoms with Crippen molar-refractivity contribution >= 4 is 5.78 Å². The highest BCUT2D eigenvalue weighted by Crippen LogP contribution is 2.42. The SMILES string of the molecule is CC1(C)C[C@@H](CC#N)C1=O. The number of nitriles is 1. The first-order valence-corrected chi connectivity index (χ1v) is 3.49. The molecular formula is C8H11NO. The molecule has 1 aliphatic rings. The van der Waals surface area contributed by atoms with Crippen LogP contribution < -0.4 is 0 Å². The number of ketones is 1. The average molecular weight is 137 g/mol. The van der Waals surface area contributed by atoms with Gasteiger partial charge >= 0.3 is 0 Å². The van der Waals surface area contributed by atoms with Crippen LogP contribution in [0.2, 0.25) is 0 Å². The van der Waals surface area contributed by atoms with Gasteiger partial charge in [-0.25, -0.2) is 0 Å². The largest absolute Gasteiger partial charge is 0.299 e. The minimum absolute atomic E-state index is 0.0417. The number of hydrogen-bond acceptors (Lipinski definition) is 2. The molecule has 0 aromatic heterocycles. The quantitative estimate of drug-likeness (QED) is 0.549. The van der Waals surface area contributed by atoms with Gasteiger partial charge in [0.2, 0.25) is 0 Å². The van der Waals surface area contributed by atoms with Crippen molar-refractivity contribution in [1.82, 2.24) is 0 Å². The molecule has 0 amide bonds. The van der Waals surface area contributed by atoms with Gasteiger partial charge in [0.1, 0.15) is 5.78 Å². The van der Waals surface area contributed by atoms with E-state index in [-0.39, 0.29) is 17.1 Å². The van der Waals surface area contributed by atoms with Crippen LogP contribution in [-0.4, -0.2) is 5.78 Å². The van der Waals surface area contributed by atoms with E-state index in [0.29, 0.717) is 6.42 Å². The number of carbonyl (C=O) groups is 1. The molecule has 2 nitrogen and oxygen atoms in total. The van der Waals surface area contributed by atoms with E-state index in [2.05, 4.69) is 0 Å². The minimum atomic E-state index is -0.137. The predicted octanol–water partition coefficient (Wildman–Crippen LogP) is 1.52. The van der Waals surface area contributed by atoms with E-state index in [1.807, 2.05) is 19.9 Å². The second kappa shape index (κ2) is 2.09. The first kappa shape index (κ1) is 7.27. The molecule has 1 fully saturated rings. The van der Waals surface area contributed by atoms with Gasteiger partial charge in [0.15, 0.2) is 0 Å². The third-order valence-corrected chi connectivity index (χ3v) is 2.13. The Bertz CT molecular complexity index is 200. The molecule has 0 N–H and O–H groups in total. The summed E-state index contributed by atoms with van der Waals surface area (Å²) in [6, 6.07) is 2.02. The van der Waals surface area contributed by atoms with Crippen molar-refractivity contribution in [3.8, 4) is 6.07 Å². The van der Waals surface area contributed by atoms with Gasteiger partial charge < -0.3 is 0 Å². The van der Waals surface area contributed by atoms with E-state index in [9.17, 15) is 4.79 Å². The molecule has 10 heavy (non-hydrogen) atoms. The zero-order valence-corrected chi connectivity index (χ0v) is 6.35. The standard InChI is InChI=1S/C8H11NO/c1-8(2)5-6(3-4-9)7(8)10/h6H,3,5H2,1-2H3/t6-/m1/s1. The fraction of sp³-hybridized carbons (Fsp3) is 0.750. The van der Waals surface area contributed by atoms with E-state index in [1.165, 1.54) is 0 Å². The Kier molecular flexibility index (Phi) is 1.52. The molecular weight excluding hydrogens is 126 g/mol. The molecule has 0 aromatic rings. The van der Waals surface area contributed by atoms with Crippen LogP contribution in [0.5, 0.6) is 0 Å². The number of carbonyl (C=O) groups excluding carboxylic acids is 1. The lowest BCUT2D eigenvalue weighted by Gasteiger charge is -2.39. The van der Waals surface area contributed by atoms with Gasteiger partial charge in [-0.1, -0.05) is 13.8 Å². The smallest absolute Gasteiger partial charge is 0.142 e. The number of Topliss-reactive ketones (excluding diaryl/α,β-unsaturated/α-hetero) is 1. The third kappa shape index (κ3) is 0.923. The maximum atomic E-state index is 11.1. The summed E-state index contributed by atoms with van der Waals surface area (Å²) in [5.41, 5.74) is -0.137. The van der Waals surface area contributed by atoms with Crippen LogP contribution in [0.25, 0.3) is 0 Å². The van der Waals surface area contributed by atoms with Crippen molar-refractivity contribution in [3.63, 3.8) is 0 Å². The lowest BCUT2D eigenvalue weighted by atomic mass is 9.62. The van der Waals surface area contributed by atoms with E-state index >= 15 is 0 Å². The van der Waals surface area contributed by atoms with Gasteiger partial charge in [-0.2, -0.15) is 5.26 Å². The van der Waals surface area contributed by atoms with Crippen molar-refractivity contribution in [1.29, 1.82) is 5.26 Å². The Labute approximate surface area is 60.8 Å². The van der Waals surface area contributed by atoms with Crippen LogP contribution in [0, 0.1) is 22.7 Å². The Morgan fingerprint density at radius 1 is 1.80 bits per heavy atom. The summed E-state index contributed by atoms with van der Waals surface area (Å²) in [5.74, 6) is 0.300. The van der Waals surface area contributed by atoms with E-state index in [0.717, 1.165) is 6.42 Å². The topological polar surface area (TPSA) is 40.9 Å². The first-order valence-electron chi connectivity index (χ1n) is 3.49. The van der Waals surface area contributed by atoms with Crippen molar-refractivity contribution in [2.45, 2.75) is 26.7 Å². The zero-order chi connectivity index (χ0) is 7.78. The van der Waals surface area contributed by atoms with Gasteiger partial charge in [0.05, 0.1) is 6.07 Å². The Morgan fingerprint density at radius 3 is 2.70 bits per heavy atom. The minimum Gasteiger partial charge on any atom is -0.299 e. The average Bonchev–Trinajstić information content (AvgIpc) is 1.87. The molecule has 1 rings (SSSR count). The maximum absolute atomic E-state index is 11.1. The molecule has 0 heterocycles. The molecule has 0 radical (unpaired) electrons. The van der Waals surface area contributed by atoms with Crippen LogP contribution in [-0.2, 0) is 4.79 Å². The van der Waals surface area contributed by atoms with Gasteiger partial charge in [0, 0.05) is 17.8 Å². The summed E-state index contributed by atoms with van der Waals surface area (Å²) in [7, 11) is 0. The number of nitrogens with zero attached hydrogens (tertiary/aromatic N) is 1. The summed E-state index contributed by atoms with van der Waals surface area (Å²) in [4.78, 5) is 11.1. The Morgan fingerprint density at radius 2 is 2.40 bits per heavy atom. The number of hydrogen-bond donors (Lipinski definition) is 0. The summed E-state index contributed by atoms with van der Waals surface area (Å²) >= 11 is 0. The van der Waals surface area contributed by atoms with E-state index in [4.69, 9.17) is 5.26 Å². The fourth-order valence-electron chi connectivity index (χ4n) is 1.51. The van der Waals surface area contributed by atoms with E-state index < -0.39 is 0 Å².